The van der Waals surface area contributed by atoms with E-state index in [0.29, 0.717) is 23.9 Å². The van der Waals surface area contributed by atoms with Crippen molar-refractivity contribution < 1.29 is 23.9 Å². The summed E-state index contributed by atoms with van der Waals surface area (Å²) < 4.78 is 12.2. The van der Waals surface area contributed by atoms with E-state index in [-0.39, 0.29) is 29.9 Å². The maximum Gasteiger partial charge on any atom is 0.246 e. The number of halogens is 1. The molecule has 8 nitrogen and oxygen atoms in total. The number of likely N-dealkylation sites (tertiary alicyclic amines) is 1. The van der Waals surface area contributed by atoms with Crippen LogP contribution < -0.4 is 10.6 Å². The Labute approximate surface area is 215 Å². The van der Waals surface area contributed by atoms with Gasteiger partial charge in [-0.2, -0.15) is 0 Å². The molecule has 192 valence electrons. The van der Waals surface area contributed by atoms with Crippen LogP contribution in [-0.2, 0) is 23.9 Å². The van der Waals surface area contributed by atoms with Gasteiger partial charge in [0.25, 0.3) is 0 Å². The smallest absolute Gasteiger partial charge is 0.246 e. The lowest BCUT2D eigenvalue weighted by atomic mass is 9.74. The Morgan fingerprint density at radius 3 is 2.56 bits per heavy atom. The number of anilines is 1. The summed E-state index contributed by atoms with van der Waals surface area (Å²) in [6.07, 6.45) is 10.1. The van der Waals surface area contributed by atoms with Crippen LogP contribution in [0.15, 0.2) is 36.4 Å². The van der Waals surface area contributed by atoms with Gasteiger partial charge in [-0.3, -0.25) is 14.4 Å². The minimum Gasteiger partial charge on any atom is -0.376 e. The number of nitrogens with one attached hydrogen (secondary N) is 2. The molecule has 1 aromatic rings. The summed E-state index contributed by atoms with van der Waals surface area (Å²) in [5.74, 6) is -2.18. The molecular formula is C27H32ClN3O5. The number of ether oxygens (including phenoxy) is 2. The predicted octanol–water partition coefficient (Wildman–Crippen LogP) is 3.06. The number of hydrogen-bond donors (Lipinski definition) is 2. The highest BCUT2D eigenvalue weighted by Crippen LogP contribution is 2.55. The molecule has 6 rings (SSSR count). The molecule has 1 aromatic carbocycles. The average molecular weight is 514 g/mol. The quantitative estimate of drug-likeness (QED) is 0.570. The third kappa shape index (κ3) is 4.03. The Kier molecular flexibility index (Phi) is 6.30. The van der Waals surface area contributed by atoms with Crippen LogP contribution in [0.5, 0.6) is 0 Å². The van der Waals surface area contributed by atoms with Crippen molar-refractivity contribution in [1.82, 2.24) is 10.2 Å². The van der Waals surface area contributed by atoms with Gasteiger partial charge < -0.3 is 25.0 Å². The van der Waals surface area contributed by atoms with Crippen molar-refractivity contribution in [2.24, 2.45) is 11.8 Å². The van der Waals surface area contributed by atoms with E-state index in [1.807, 2.05) is 12.2 Å². The Bertz CT molecular complexity index is 1070. The fourth-order valence-corrected chi connectivity index (χ4v) is 6.88. The normalized spacial score (nSPS) is 35.3. The van der Waals surface area contributed by atoms with Crippen molar-refractivity contribution in [3.8, 4) is 0 Å². The summed E-state index contributed by atoms with van der Waals surface area (Å²) in [6, 6.07) is 6.13. The van der Waals surface area contributed by atoms with Crippen LogP contribution in [-0.4, -0.2) is 65.7 Å². The first-order chi connectivity index (χ1) is 17.5. The molecule has 1 spiro atoms. The van der Waals surface area contributed by atoms with Gasteiger partial charge in [0.2, 0.25) is 17.7 Å². The van der Waals surface area contributed by atoms with E-state index in [0.717, 1.165) is 38.5 Å². The Hall–Kier alpha value is -2.42. The second-order valence-electron chi connectivity index (χ2n) is 10.7. The van der Waals surface area contributed by atoms with E-state index in [1.54, 1.807) is 29.2 Å². The molecule has 4 fully saturated rings. The fraction of sp³-hybridized carbons (Fsp3) is 0.593. The highest BCUT2D eigenvalue weighted by molar-refractivity contribution is 6.30. The van der Waals surface area contributed by atoms with E-state index in [9.17, 15) is 14.4 Å². The van der Waals surface area contributed by atoms with Crippen molar-refractivity contribution in [3.05, 3.63) is 41.4 Å². The minimum atomic E-state index is -1.15. The SMILES string of the molecule is O=C(Nc1ccc(Cl)cc1)C1[C@H]2C=CC3(O2)C(C(=O)NC2CCCCC2)N(CC2CCCO2)C(=O)[C@@H]13. The first kappa shape index (κ1) is 23.9. The molecule has 1 saturated carbocycles. The van der Waals surface area contributed by atoms with Gasteiger partial charge in [0, 0.05) is 29.9 Å². The van der Waals surface area contributed by atoms with E-state index in [4.69, 9.17) is 21.1 Å². The van der Waals surface area contributed by atoms with Crippen LogP contribution >= 0.6 is 11.6 Å². The number of amides is 3. The molecule has 36 heavy (non-hydrogen) atoms. The molecule has 9 heteroatoms. The monoisotopic (exact) mass is 513 g/mol. The molecular weight excluding hydrogens is 482 g/mol. The Morgan fingerprint density at radius 2 is 1.83 bits per heavy atom. The van der Waals surface area contributed by atoms with Gasteiger partial charge in [-0.15, -0.1) is 0 Å². The molecule has 6 atom stereocenters. The van der Waals surface area contributed by atoms with Gasteiger partial charge in [-0.25, -0.2) is 0 Å². The number of benzene rings is 1. The summed E-state index contributed by atoms with van der Waals surface area (Å²) in [4.78, 5) is 42.8. The van der Waals surface area contributed by atoms with Gasteiger partial charge >= 0.3 is 0 Å². The maximum atomic E-state index is 14.0. The summed E-state index contributed by atoms with van der Waals surface area (Å²) in [5.41, 5.74) is -0.556. The molecule has 4 aliphatic heterocycles. The molecule has 5 aliphatic rings. The van der Waals surface area contributed by atoms with Crippen LogP contribution in [0.1, 0.15) is 44.9 Å². The summed E-state index contributed by atoms with van der Waals surface area (Å²) in [7, 11) is 0. The maximum absolute atomic E-state index is 14.0. The summed E-state index contributed by atoms with van der Waals surface area (Å²) >= 11 is 5.98. The number of rotatable bonds is 6. The standard InChI is InChI=1S/C27H32ClN3O5/c28-16-8-10-18(11-9-16)29-24(32)21-20-12-13-27(36-20)22(21)26(34)31(15-19-7-4-14-35-19)23(27)25(33)30-17-5-2-1-3-6-17/h8-13,17,19-23H,1-7,14-15H2,(H,29,32)(H,30,33)/t19?,20-,21?,22-,23?,27?/m1/s1. The third-order valence-corrected chi connectivity index (χ3v) is 8.66. The van der Waals surface area contributed by atoms with Gasteiger partial charge in [0.05, 0.1) is 24.0 Å². The lowest BCUT2D eigenvalue weighted by Crippen LogP contribution is -2.57. The molecule has 3 amide bonds. The van der Waals surface area contributed by atoms with Gasteiger partial charge in [-0.05, 0) is 49.9 Å². The van der Waals surface area contributed by atoms with E-state index in [1.165, 1.54) is 6.42 Å². The van der Waals surface area contributed by atoms with Gasteiger partial charge in [0.1, 0.15) is 11.6 Å². The summed E-state index contributed by atoms with van der Waals surface area (Å²) in [5, 5.41) is 6.70. The predicted molar refractivity (Wildman–Crippen MR) is 133 cm³/mol. The number of carbonyl (C=O) groups is 3. The second kappa shape index (κ2) is 9.47. The van der Waals surface area contributed by atoms with Crippen LogP contribution in [0.2, 0.25) is 5.02 Å². The van der Waals surface area contributed by atoms with Crippen LogP contribution in [0.25, 0.3) is 0 Å². The van der Waals surface area contributed by atoms with Crippen molar-refractivity contribution in [1.29, 1.82) is 0 Å². The first-order valence-electron chi connectivity index (χ1n) is 13.1. The first-order valence-corrected chi connectivity index (χ1v) is 13.5. The fourth-order valence-electron chi connectivity index (χ4n) is 6.76. The molecule has 2 N–H and O–H groups in total. The molecule has 4 heterocycles. The number of nitrogens with zero attached hydrogens (tertiary/aromatic N) is 1. The number of fused-ring (bicyclic) bond motifs is 1. The highest BCUT2D eigenvalue weighted by atomic mass is 35.5. The number of carbonyl (C=O) groups excluding carboxylic acids is 3. The van der Waals surface area contributed by atoms with Crippen molar-refractivity contribution in [2.45, 2.75) is 74.8 Å². The second-order valence-corrected chi connectivity index (χ2v) is 11.1. The molecule has 0 radical (unpaired) electrons. The van der Waals surface area contributed by atoms with Crippen molar-refractivity contribution in [2.75, 3.05) is 18.5 Å². The topological polar surface area (TPSA) is 97.0 Å². The Balaban J connectivity index is 1.29. The van der Waals surface area contributed by atoms with Crippen LogP contribution in [0, 0.1) is 11.8 Å². The van der Waals surface area contributed by atoms with Crippen molar-refractivity contribution >= 4 is 35.0 Å². The van der Waals surface area contributed by atoms with Gasteiger partial charge in [0.15, 0.2) is 0 Å². The zero-order chi connectivity index (χ0) is 24.9. The zero-order valence-electron chi connectivity index (χ0n) is 20.2. The average Bonchev–Trinajstić information content (AvgIpc) is 3.64. The zero-order valence-corrected chi connectivity index (χ0v) is 20.9. The van der Waals surface area contributed by atoms with E-state index < -0.39 is 29.6 Å². The van der Waals surface area contributed by atoms with Crippen LogP contribution in [0.4, 0.5) is 5.69 Å². The molecule has 1 aliphatic carbocycles. The molecule has 0 aromatic heterocycles. The van der Waals surface area contributed by atoms with E-state index >= 15 is 0 Å². The minimum absolute atomic E-state index is 0.105. The number of hydrogen-bond acceptors (Lipinski definition) is 5. The van der Waals surface area contributed by atoms with E-state index in [2.05, 4.69) is 10.6 Å². The lowest BCUT2D eigenvalue weighted by Gasteiger charge is -2.34. The summed E-state index contributed by atoms with van der Waals surface area (Å²) in [6.45, 7) is 0.984. The molecule has 4 unspecified atom stereocenters. The highest BCUT2D eigenvalue weighted by Gasteiger charge is 2.73. The van der Waals surface area contributed by atoms with Crippen LogP contribution in [0.3, 0.4) is 0 Å². The van der Waals surface area contributed by atoms with Gasteiger partial charge in [-0.1, -0.05) is 43.0 Å². The molecule has 2 bridgehead atoms. The van der Waals surface area contributed by atoms with Crippen molar-refractivity contribution in [3.63, 3.8) is 0 Å². The largest absolute Gasteiger partial charge is 0.376 e. The third-order valence-electron chi connectivity index (χ3n) is 8.41. The molecule has 3 saturated heterocycles. The Morgan fingerprint density at radius 1 is 1.06 bits per heavy atom. The lowest BCUT2D eigenvalue weighted by molar-refractivity contribution is -0.143.